The van der Waals surface area contributed by atoms with Gasteiger partial charge in [0.1, 0.15) is 0 Å². The van der Waals surface area contributed by atoms with Crippen molar-refractivity contribution in [2.24, 2.45) is 0 Å². The second-order valence-electron chi connectivity index (χ2n) is 9.27. The molecule has 2 aromatic carbocycles. The van der Waals surface area contributed by atoms with Crippen molar-refractivity contribution in [3.8, 4) is 0 Å². The van der Waals surface area contributed by atoms with Gasteiger partial charge in [-0.15, -0.1) is 11.8 Å². The molecule has 1 unspecified atom stereocenters. The zero-order chi connectivity index (χ0) is 24.1. The van der Waals surface area contributed by atoms with Crippen molar-refractivity contribution in [2.45, 2.75) is 63.9 Å². The fourth-order valence-electron chi connectivity index (χ4n) is 4.99. The Morgan fingerprint density at radius 2 is 1.85 bits per heavy atom. The second kappa shape index (κ2) is 11.1. The van der Waals surface area contributed by atoms with Gasteiger partial charge < -0.3 is 14.8 Å². The van der Waals surface area contributed by atoms with Crippen LogP contribution in [-0.4, -0.2) is 46.2 Å². The fraction of sp³-hybridized carbons (Fsp3) is 0.429. The predicted molar refractivity (Wildman–Crippen MR) is 141 cm³/mol. The van der Waals surface area contributed by atoms with Crippen molar-refractivity contribution < 1.29 is 9.59 Å². The molecule has 0 radical (unpaired) electrons. The van der Waals surface area contributed by atoms with Crippen LogP contribution in [0.4, 0.5) is 0 Å². The number of carbonyl (C=O) groups excluding carboxylic acids is 2. The third kappa shape index (κ3) is 5.66. The summed E-state index contributed by atoms with van der Waals surface area (Å²) in [6.45, 7) is 8.30. The third-order valence-corrected chi connectivity index (χ3v) is 7.67. The molecule has 180 valence electrons. The predicted octanol–water partition coefficient (Wildman–Crippen LogP) is 5.57. The van der Waals surface area contributed by atoms with Crippen LogP contribution in [0.3, 0.4) is 0 Å². The number of carbonyl (C=O) groups is 2. The smallest absolute Gasteiger partial charge is 0.251 e. The molecule has 1 aliphatic rings. The number of aromatic nitrogens is 1. The first-order valence-corrected chi connectivity index (χ1v) is 13.3. The number of fused-ring (bicyclic) bond motifs is 1. The van der Waals surface area contributed by atoms with Gasteiger partial charge in [0, 0.05) is 53.2 Å². The van der Waals surface area contributed by atoms with Crippen LogP contribution in [0.5, 0.6) is 0 Å². The van der Waals surface area contributed by atoms with E-state index in [2.05, 4.69) is 46.1 Å². The van der Waals surface area contributed by atoms with E-state index in [1.165, 1.54) is 6.42 Å². The van der Waals surface area contributed by atoms with Crippen molar-refractivity contribution in [1.29, 1.82) is 0 Å². The van der Waals surface area contributed by atoms with Crippen LogP contribution in [0.15, 0.2) is 53.6 Å². The van der Waals surface area contributed by atoms with E-state index in [4.69, 9.17) is 0 Å². The molecule has 4 rings (SSSR count). The van der Waals surface area contributed by atoms with E-state index in [0.717, 1.165) is 52.7 Å². The molecule has 1 fully saturated rings. The number of amides is 2. The number of nitrogens with zero attached hydrogens (tertiary/aromatic N) is 2. The molecule has 1 saturated heterocycles. The van der Waals surface area contributed by atoms with Gasteiger partial charge in [-0.05, 0) is 57.7 Å². The Labute approximate surface area is 206 Å². The van der Waals surface area contributed by atoms with Gasteiger partial charge in [0.05, 0.1) is 5.75 Å². The minimum Gasteiger partial charge on any atom is -0.350 e. The normalized spacial score (nSPS) is 16.1. The van der Waals surface area contributed by atoms with E-state index in [-0.39, 0.29) is 11.8 Å². The highest BCUT2D eigenvalue weighted by Gasteiger charge is 2.25. The van der Waals surface area contributed by atoms with Crippen molar-refractivity contribution in [2.75, 3.05) is 18.8 Å². The maximum atomic E-state index is 13.0. The molecular formula is C28H35N3O2S. The first-order valence-electron chi connectivity index (χ1n) is 12.3. The van der Waals surface area contributed by atoms with Crippen LogP contribution < -0.4 is 5.32 Å². The van der Waals surface area contributed by atoms with Gasteiger partial charge in [-0.2, -0.15) is 0 Å². The highest BCUT2D eigenvalue weighted by Crippen LogP contribution is 2.31. The molecule has 34 heavy (non-hydrogen) atoms. The molecule has 1 atom stereocenters. The lowest BCUT2D eigenvalue weighted by Gasteiger charge is -2.35. The average Bonchev–Trinajstić information content (AvgIpc) is 3.19. The van der Waals surface area contributed by atoms with Crippen LogP contribution in [0.1, 0.15) is 54.1 Å². The van der Waals surface area contributed by atoms with Gasteiger partial charge in [0.15, 0.2) is 0 Å². The van der Waals surface area contributed by atoms with E-state index in [1.807, 2.05) is 38.1 Å². The number of hydrogen-bond acceptors (Lipinski definition) is 3. The minimum absolute atomic E-state index is 0.0459. The molecule has 1 N–H and O–H groups in total. The van der Waals surface area contributed by atoms with Gasteiger partial charge in [-0.25, -0.2) is 0 Å². The lowest BCUT2D eigenvalue weighted by Crippen LogP contribution is -2.44. The summed E-state index contributed by atoms with van der Waals surface area (Å²) in [6.07, 6.45) is 6.62. The van der Waals surface area contributed by atoms with Crippen molar-refractivity contribution in [3.63, 3.8) is 0 Å². The van der Waals surface area contributed by atoms with Crippen LogP contribution in [0, 0.1) is 13.8 Å². The summed E-state index contributed by atoms with van der Waals surface area (Å²) in [7, 11) is 0. The highest BCUT2D eigenvalue weighted by atomic mass is 32.2. The summed E-state index contributed by atoms with van der Waals surface area (Å²) in [5.41, 5.74) is 4.01. The molecule has 0 aliphatic carbocycles. The Morgan fingerprint density at radius 1 is 1.09 bits per heavy atom. The zero-order valence-electron chi connectivity index (χ0n) is 20.5. The zero-order valence-corrected chi connectivity index (χ0v) is 21.3. The number of likely N-dealkylation sites (tertiary alicyclic amines) is 1. The molecular weight excluding hydrogens is 442 g/mol. The maximum Gasteiger partial charge on any atom is 0.251 e. The molecule has 2 amide bonds. The van der Waals surface area contributed by atoms with Crippen LogP contribution in [-0.2, 0) is 11.3 Å². The first kappa shape index (κ1) is 24.4. The number of rotatable bonds is 8. The van der Waals surface area contributed by atoms with Crippen molar-refractivity contribution >= 4 is 34.5 Å². The van der Waals surface area contributed by atoms with E-state index in [9.17, 15) is 9.59 Å². The molecule has 3 aromatic rings. The van der Waals surface area contributed by atoms with E-state index in [1.54, 1.807) is 11.8 Å². The highest BCUT2D eigenvalue weighted by molar-refractivity contribution is 8.00. The number of para-hydroxylation sites is 1. The second-order valence-corrected chi connectivity index (χ2v) is 10.3. The van der Waals surface area contributed by atoms with Crippen LogP contribution in [0.2, 0.25) is 0 Å². The van der Waals surface area contributed by atoms with Gasteiger partial charge in [-0.1, -0.05) is 42.3 Å². The van der Waals surface area contributed by atoms with Gasteiger partial charge in [0.25, 0.3) is 5.91 Å². The molecule has 1 aromatic heterocycles. The van der Waals surface area contributed by atoms with E-state index < -0.39 is 0 Å². The Morgan fingerprint density at radius 3 is 2.62 bits per heavy atom. The Kier molecular flexibility index (Phi) is 7.99. The summed E-state index contributed by atoms with van der Waals surface area (Å²) >= 11 is 1.63. The summed E-state index contributed by atoms with van der Waals surface area (Å²) in [4.78, 5) is 28.8. The topological polar surface area (TPSA) is 54.3 Å². The maximum absolute atomic E-state index is 13.0. The summed E-state index contributed by atoms with van der Waals surface area (Å²) in [5.74, 6) is 0.665. The Bertz CT molecular complexity index is 1150. The van der Waals surface area contributed by atoms with E-state index >= 15 is 0 Å². The van der Waals surface area contributed by atoms with Gasteiger partial charge >= 0.3 is 0 Å². The lowest BCUT2D eigenvalue weighted by atomic mass is 10.0. The monoisotopic (exact) mass is 477 g/mol. The molecule has 6 heteroatoms. The van der Waals surface area contributed by atoms with Crippen molar-refractivity contribution in [3.05, 3.63) is 65.4 Å². The summed E-state index contributed by atoms with van der Waals surface area (Å²) in [6, 6.07) is 14.6. The summed E-state index contributed by atoms with van der Waals surface area (Å²) in [5, 5.41) is 4.21. The van der Waals surface area contributed by atoms with Gasteiger partial charge in [0.2, 0.25) is 5.91 Å². The van der Waals surface area contributed by atoms with Gasteiger partial charge in [-0.3, -0.25) is 9.59 Å². The van der Waals surface area contributed by atoms with Crippen LogP contribution >= 0.6 is 11.8 Å². The molecule has 1 aliphatic heterocycles. The Balaban J connectivity index is 1.40. The quantitative estimate of drug-likeness (QED) is 0.432. The fourth-order valence-corrected chi connectivity index (χ4v) is 5.96. The molecule has 0 bridgehead atoms. The standard InChI is InChI=1S/C28H35N3O2S/c1-4-23-9-7-8-13-31(23)27(32)19-34-26-18-30(25-11-6-5-10-24(25)26)14-12-29-28(33)22-16-20(2)15-21(3)17-22/h5-6,10-11,15-18,23H,4,7-9,12-14,19H2,1-3H3,(H,29,33). The third-order valence-electron chi connectivity index (χ3n) is 6.64. The minimum atomic E-state index is -0.0459. The molecule has 0 saturated carbocycles. The average molecular weight is 478 g/mol. The number of hydrogen-bond donors (Lipinski definition) is 1. The van der Waals surface area contributed by atoms with E-state index in [0.29, 0.717) is 30.4 Å². The number of nitrogens with one attached hydrogen (secondary N) is 1. The number of aryl methyl sites for hydroxylation is 2. The number of piperidine rings is 1. The largest absolute Gasteiger partial charge is 0.350 e. The van der Waals surface area contributed by atoms with Crippen LogP contribution in [0.25, 0.3) is 10.9 Å². The number of thioether (sulfide) groups is 1. The van der Waals surface area contributed by atoms with Crippen molar-refractivity contribution in [1.82, 2.24) is 14.8 Å². The SMILES string of the molecule is CCC1CCCCN1C(=O)CSc1cn(CCNC(=O)c2cc(C)cc(C)c2)c2ccccc12. The molecule has 5 nitrogen and oxygen atoms in total. The first-order chi connectivity index (χ1) is 16.5. The lowest BCUT2D eigenvalue weighted by molar-refractivity contribution is -0.132. The Hall–Kier alpha value is -2.73. The summed E-state index contributed by atoms with van der Waals surface area (Å²) < 4.78 is 2.18. The molecule has 2 heterocycles. The number of benzene rings is 2. The molecule has 0 spiro atoms.